The van der Waals surface area contributed by atoms with E-state index < -0.39 is 0 Å². The van der Waals surface area contributed by atoms with Crippen LogP contribution in [0, 0.1) is 31.1 Å². The van der Waals surface area contributed by atoms with Gasteiger partial charge in [0.05, 0.1) is 0 Å². The minimum Gasteiger partial charge on any atom is -0.299 e. The number of hydrogen-bond donors (Lipinski definition) is 0. The molecule has 0 N–H and O–H groups in total. The quantitative estimate of drug-likeness (QED) is 0.647. The third-order valence-electron chi connectivity index (χ3n) is 2.41. The van der Waals surface area contributed by atoms with Crippen LogP contribution in [-0.4, -0.2) is 5.78 Å². The Morgan fingerprint density at radius 1 is 1.18 bits per heavy atom. The van der Waals surface area contributed by atoms with Gasteiger partial charge in [-0.1, -0.05) is 40.0 Å². The van der Waals surface area contributed by atoms with Crippen LogP contribution in [0.25, 0.3) is 0 Å². The largest absolute Gasteiger partial charge is 0.299 e. The average Bonchev–Trinajstić information content (AvgIpc) is 2.44. The molecule has 1 aliphatic rings. The molecule has 1 aliphatic carbocycles. The highest BCUT2D eigenvalue weighted by molar-refractivity contribution is 5.80. The molecule has 98 valence electrons. The van der Waals surface area contributed by atoms with E-state index in [-0.39, 0.29) is 0 Å². The van der Waals surface area contributed by atoms with Crippen LogP contribution >= 0.6 is 0 Å². The topological polar surface area (TPSA) is 17.1 Å². The Labute approximate surface area is 108 Å². The van der Waals surface area contributed by atoms with E-state index in [0.29, 0.717) is 11.7 Å². The van der Waals surface area contributed by atoms with E-state index in [9.17, 15) is 4.79 Å². The molecule has 0 aromatic rings. The zero-order chi connectivity index (χ0) is 14.1. The highest BCUT2D eigenvalue weighted by Crippen LogP contribution is 2.24. The molecule has 1 heteroatoms. The summed E-state index contributed by atoms with van der Waals surface area (Å²) in [5, 5.41) is 0. The molecule has 1 nitrogen and oxygen atoms in total. The van der Waals surface area contributed by atoms with Gasteiger partial charge in [-0.3, -0.25) is 4.79 Å². The monoisotopic (exact) mass is 236 g/mol. The Bertz CT molecular complexity index is 201. The molecule has 1 rings (SSSR count). The number of ketones is 1. The molecule has 0 unspecified atom stereocenters. The van der Waals surface area contributed by atoms with Gasteiger partial charge in [0.15, 0.2) is 0 Å². The summed E-state index contributed by atoms with van der Waals surface area (Å²) in [6.45, 7) is 7.62. The van der Waals surface area contributed by atoms with Crippen LogP contribution < -0.4 is 0 Å². The van der Waals surface area contributed by atoms with Crippen molar-refractivity contribution >= 4 is 5.78 Å². The summed E-state index contributed by atoms with van der Waals surface area (Å²) in [6, 6.07) is 0. The predicted molar refractivity (Wildman–Crippen MR) is 77.6 cm³/mol. The maximum absolute atomic E-state index is 11.2. The summed E-state index contributed by atoms with van der Waals surface area (Å²) < 4.78 is 0. The lowest BCUT2D eigenvalue weighted by molar-refractivity contribution is -0.123. The molecule has 0 amide bonds. The fourth-order valence-electron chi connectivity index (χ4n) is 1.71. The van der Waals surface area contributed by atoms with Gasteiger partial charge >= 0.3 is 0 Å². The molecule has 1 saturated carbocycles. The second-order valence-electron chi connectivity index (χ2n) is 3.44. The molecule has 0 atom stereocenters. The van der Waals surface area contributed by atoms with Crippen LogP contribution in [0.4, 0.5) is 0 Å². The van der Waals surface area contributed by atoms with Gasteiger partial charge < -0.3 is 0 Å². The van der Waals surface area contributed by atoms with E-state index in [1.807, 2.05) is 20.8 Å². The molecular formula is C16H28O. The van der Waals surface area contributed by atoms with E-state index in [2.05, 4.69) is 25.2 Å². The van der Waals surface area contributed by atoms with Crippen molar-refractivity contribution in [3.8, 4) is 25.2 Å². The van der Waals surface area contributed by atoms with Crippen LogP contribution in [0.2, 0.25) is 0 Å². The third-order valence-corrected chi connectivity index (χ3v) is 2.41. The van der Waals surface area contributed by atoms with Crippen molar-refractivity contribution in [3.63, 3.8) is 0 Å². The molecule has 0 saturated heterocycles. The number of carbonyl (C=O) groups excluding carboxylic acids is 1. The molecular weight excluding hydrogens is 208 g/mol. The zero-order valence-electron chi connectivity index (χ0n) is 12.0. The Balaban J connectivity index is -0.000000239. The second kappa shape index (κ2) is 20.2. The first kappa shape index (κ1) is 21.1. The molecule has 0 spiro atoms. The van der Waals surface area contributed by atoms with Gasteiger partial charge in [0, 0.05) is 12.3 Å². The Morgan fingerprint density at radius 3 is 1.82 bits per heavy atom. The molecule has 0 heterocycles. The van der Waals surface area contributed by atoms with Gasteiger partial charge in [-0.05, 0) is 19.8 Å². The van der Waals surface area contributed by atoms with Crippen molar-refractivity contribution < 1.29 is 4.79 Å². The molecule has 0 aromatic heterocycles. The van der Waals surface area contributed by atoms with E-state index in [4.69, 9.17) is 0 Å². The summed E-state index contributed by atoms with van der Waals surface area (Å²) >= 11 is 0. The van der Waals surface area contributed by atoms with Gasteiger partial charge in [0.2, 0.25) is 0 Å². The Hall–Kier alpha value is -1.21. The molecule has 17 heavy (non-hydrogen) atoms. The molecule has 0 aromatic carbocycles. The second-order valence-corrected chi connectivity index (χ2v) is 3.44. The first-order valence-electron chi connectivity index (χ1n) is 6.49. The summed E-state index contributed by atoms with van der Waals surface area (Å²) in [5.41, 5.74) is 0. The fraction of sp³-hybridized carbons (Fsp3) is 0.688. The third kappa shape index (κ3) is 14.8. The van der Waals surface area contributed by atoms with Crippen LogP contribution in [0.3, 0.4) is 0 Å². The number of terminal acetylenes is 2. The molecule has 0 radical (unpaired) electrons. The van der Waals surface area contributed by atoms with E-state index >= 15 is 0 Å². The lowest BCUT2D eigenvalue weighted by Crippen LogP contribution is -2.16. The Morgan fingerprint density at radius 2 is 1.53 bits per heavy atom. The lowest BCUT2D eigenvalue weighted by Gasteiger charge is -2.19. The van der Waals surface area contributed by atoms with E-state index in [1.165, 1.54) is 19.3 Å². The lowest BCUT2D eigenvalue weighted by atomic mass is 9.85. The van der Waals surface area contributed by atoms with Gasteiger partial charge in [-0.25, -0.2) is 0 Å². The maximum atomic E-state index is 11.2. The highest BCUT2D eigenvalue weighted by atomic mass is 16.1. The normalized spacial score (nSPS) is 13.2. The minimum atomic E-state index is 0.429. The van der Waals surface area contributed by atoms with Crippen molar-refractivity contribution in [1.82, 2.24) is 0 Å². The van der Waals surface area contributed by atoms with Crippen molar-refractivity contribution in [3.05, 3.63) is 0 Å². The highest BCUT2D eigenvalue weighted by Gasteiger charge is 2.18. The standard InChI is InChI=1S/C9H16O.C3H4.C2H6.C2H2/c1-2-9(10)8-6-4-3-5-7-8;1-3-2;2*1-2/h8H,2-7H2,1H3;1H,2H3;1-2H3;1-2H. The maximum Gasteiger partial charge on any atom is 0.135 e. The van der Waals surface area contributed by atoms with Gasteiger partial charge in [-0.15, -0.1) is 25.2 Å². The predicted octanol–water partition coefficient (Wildman–Crippen LogP) is 4.46. The zero-order valence-corrected chi connectivity index (χ0v) is 12.0. The number of rotatable bonds is 2. The van der Waals surface area contributed by atoms with E-state index in [1.54, 1.807) is 6.92 Å². The van der Waals surface area contributed by atoms with Crippen LogP contribution in [0.5, 0.6) is 0 Å². The number of carbonyl (C=O) groups is 1. The number of Topliss-reactive ketones (excluding diaryl/α,β-unsaturated/α-hetero) is 1. The van der Waals surface area contributed by atoms with Crippen molar-refractivity contribution in [1.29, 1.82) is 0 Å². The minimum absolute atomic E-state index is 0.429. The smallest absolute Gasteiger partial charge is 0.135 e. The molecule has 1 fully saturated rings. The first-order chi connectivity index (χ1) is 8.26. The first-order valence-corrected chi connectivity index (χ1v) is 6.49. The summed E-state index contributed by atoms with van der Waals surface area (Å²) in [4.78, 5) is 11.2. The van der Waals surface area contributed by atoms with Crippen LogP contribution in [-0.2, 0) is 4.79 Å². The summed E-state index contributed by atoms with van der Waals surface area (Å²) in [5.74, 6) is 3.17. The van der Waals surface area contributed by atoms with Crippen molar-refractivity contribution in [2.24, 2.45) is 5.92 Å². The average molecular weight is 236 g/mol. The van der Waals surface area contributed by atoms with Crippen molar-refractivity contribution in [2.75, 3.05) is 0 Å². The fourth-order valence-corrected chi connectivity index (χ4v) is 1.71. The van der Waals surface area contributed by atoms with Crippen molar-refractivity contribution in [2.45, 2.75) is 66.2 Å². The van der Waals surface area contributed by atoms with Gasteiger partial charge in [-0.2, -0.15) is 0 Å². The van der Waals surface area contributed by atoms with Gasteiger partial charge in [0.1, 0.15) is 5.78 Å². The Kier molecular flexibility index (Phi) is 25.1. The summed E-state index contributed by atoms with van der Waals surface area (Å²) in [7, 11) is 0. The molecule has 0 aliphatic heterocycles. The van der Waals surface area contributed by atoms with Gasteiger partial charge in [0.25, 0.3) is 0 Å². The van der Waals surface area contributed by atoms with E-state index in [0.717, 1.165) is 19.3 Å². The van der Waals surface area contributed by atoms with Crippen LogP contribution in [0.1, 0.15) is 66.2 Å². The summed E-state index contributed by atoms with van der Waals surface area (Å²) in [6.07, 6.45) is 19.5. The SMILES string of the molecule is C#C.C#CC.CC.CCC(=O)C1CCCCC1. The molecule has 0 bridgehead atoms. The number of hydrogen-bond acceptors (Lipinski definition) is 1. The van der Waals surface area contributed by atoms with Crippen LogP contribution in [0.15, 0.2) is 0 Å².